The predicted octanol–water partition coefficient (Wildman–Crippen LogP) is 9.42. The molecular formula is C31H29Cl3N2O3S. The van der Waals surface area contributed by atoms with E-state index < -0.39 is 0 Å². The maximum absolute atomic E-state index is 13.8. The quantitative estimate of drug-likeness (QED) is 0.249. The summed E-state index contributed by atoms with van der Waals surface area (Å²) < 4.78 is 11.6. The third-order valence-corrected chi connectivity index (χ3v) is 9.00. The Morgan fingerprint density at radius 2 is 1.80 bits per heavy atom. The van der Waals surface area contributed by atoms with Gasteiger partial charge in [0.15, 0.2) is 16.7 Å². The molecule has 5 nitrogen and oxygen atoms in total. The van der Waals surface area contributed by atoms with Gasteiger partial charge in [-0.25, -0.2) is 4.99 Å². The molecular weight excluding hydrogens is 587 g/mol. The van der Waals surface area contributed by atoms with Crippen molar-refractivity contribution in [3.63, 3.8) is 0 Å². The summed E-state index contributed by atoms with van der Waals surface area (Å²) in [6.45, 7) is 2.42. The van der Waals surface area contributed by atoms with Gasteiger partial charge in [0.1, 0.15) is 6.61 Å². The van der Waals surface area contributed by atoms with Gasteiger partial charge < -0.3 is 9.47 Å². The Bertz CT molecular complexity index is 1460. The molecule has 208 valence electrons. The van der Waals surface area contributed by atoms with Crippen LogP contribution in [0, 0.1) is 5.92 Å². The van der Waals surface area contributed by atoms with Crippen LogP contribution in [0.5, 0.6) is 11.5 Å². The largest absolute Gasteiger partial charge is 0.493 e. The first-order valence-corrected chi connectivity index (χ1v) is 15.1. The number of aliphatic imine (C=N–C) groups is 1. The highest BCUT2D eigenvalue weighted by molar-refractivity contribution is 8.18. The van der Waals surface area contributed by atoms with Crippen LogP contribution in [0.4, 0.5) is 5.69 Å². The van der Waals surface area contributed by atoms with Crippen molar-refractivity contribution in [1.82, 2.24) is 4.90 Å². The lowest BCUT2D eigenvalue weighted by Crippen LogP contribution is -2.44. The summed E-state index contributed by atoms with van der Waals surface area (Å²) in [5.41, 5.74) is 2.32. The second kappa shape index (κ2) is 12.9. The summed E-state index contributed by atoms with van der Waals surface area (Å²) in [6.07, 6.45) is 6.22. The molecule has 1 saturated carbocycles. The number of rotatable bonds is 7. The van der Waals surface area contributed by atoms with Gasteiger partial charge in [-0.1, -0.05) is 78.8 Å². The normalized spacial score (nSPS) is 21.3. The summed E-state index contributed by atoms with van der Waals surface area (Å²) in [5, 5.41) is 2.13. The minimum absolute atomic E-state index is 0.0359. The fourth-order valence-electron chi connectivity index (χ4n) is 5.05. The first-order valence-electron chi connectivity index (χ1n) is 13.1. The fraction of sp³-hybridized carbons (Fsp3) is 0.290. The van der Waals surface area contributed by atoms with Crippen LogP contribution in [0.1, 0.15) is 43.7 Å². The first-order chi connectivity index (χ1) is 19.3. The van der Waals surface area contributed by atoms with E-state index in [4.69, 9.17) is 49.3 Å². The number of halogens is 3. The van der Waals surface area contributed by atoms with E-state index >= 15 is 0 Å². The average molecular weight is 616 g/mol. The molecule has 0 bridgehead atoms. The van der Waals surface area contributed by atoms with Crippen LogP contribution in [-0.2, 0) is 11.4 Å². The smallest absolute Gasteiger partial charge is 0.267 e. The number of methoxy groups -OCH3 is 1. The summed E-state index contributed by atoms with van der Waals surface area (Å²) in [7, 11) is 1.55. The summed E-state index contributed by atoms with van der Waals surface area (Å²) in [4.78, 5) is 21.2. The van der Waals surface area contributed by atoms with Gasteiger partial charge in [-0.3, -0.25) is 9.69 Å². The van der Waals surface area contributed by atoms with Crippen LogP contribution in [0.3, 0.4) is 0 Å². The fourth-order valence-corrected chi connectivity index (χ4v) is 6.84. The van der Waals surface area contributed by atoms with Gasteiger partial charge >= 0.3 is 0 Å². The molecule has 9 heteroatoms. The molecule has 1 heterocycles. The van der Waals surface area contributed by atoms with Crippen LogP contribution < -0.4 is 9.47 Å². The molecule has 2 atom stereocenters. The lowest BCUT2D eigenvalue weighted by atomic mass is 9.85. The molecule has 1 saturated heterocycles. The zero-order valence-electron chi connectivity index (χ0n) is 22.2. The first kappa shape index (κ1) is 28.9. The number of carbonyl (C=O) groups is 1. The van der Waals surface area contributed by atoms with Crippen LogP contribution in [0.15, 0.2) is 70.6 Å². The Labute approximate surface area is 254 Å². The van der Waals surface area contributed by atoms with Gasteiger partial charge in [0.05, 0.1) is 22.7 Å². The number of amides is 1. The Balaban J connectivity index is 1.44. The summed E-state index contributed by atoms with van der Waals surface area (Å²) >= 11 is 20.4. The van der Waals surface area contributed by atoms with Crippen LogP contribution in [0.25, 0.3) is 6.08 Å². The predicted molar refractivity (Wildman–Crippen MR) is 166 cm³/mol. The van der Waals surface area contributed by atoms with Crippen molar-refractivity contribution in [2.45, 2.75) is 45.3 Å². The number of hydrogen-bond donors (Lipinski definition) is 0. The van der Waals surface area contributed by atoms with Gasteiger partial charge in [-0.2, -0.15) is 0 Å². The van der Waals surface area contributed by atoms with E-state index in [0.717, 1.165) is 36.1 Å². The van der Waals surface area contributed by atoms with E-state index in [0.29, 0.717) is 42.6 Å². The maximum Gasteiger partial charge on any atom is 0.267 e. The van der Waals surface area contributed by atoms with Crippen LogP contribution in [0.2, 0.25) is 15.1 Å². The van der Waals surface area contributed by atoms with E-state index in [1.54, 1.807) is 31.4 Å². The highest BCUT2D eigenvalue weighted by atomic mass is 35.5. The molecule has 3 aromatic rings. The van der Waals surface area contributed by atoms with Crippen LogP contribution in [-0.4, -0.2) is 29.1 Å². The highest BCUT2D eigenvalue weighted by Gasteiger charge is 2.41. The van der Waals surface area contributed by atoms with Crippen molar-refractivity contribution in [3.8, 4) is 11.5 Å². The van der Waals surface area contributed by atoms with Crippen molar-refractivity contribution in [2.75, 3.05) is 7.11 Å². The third-order valence-electron chi connectivity index (χ3n) is 7.15. The molecule has 0 N–H and O–H groups in total. The second-order valence-corrected chi connectivity index (χ2v) is 12.2. The molecule has 2 fully saturated rings. The minimum atomic E-state index is -0.0359. The summed E-state index contributed by atoms with van der Waals surface area (Å²) in [5.74, 6) is 1.22. The molecule has 0 unspecified atom stereocenters. The number of nitrogens with zero attached hydrogens (tertiary/aromatic N) is 2. The topological polar surface area (TPSA) is 51.1 Å². The number of thioether (sulfide) groups is 1. The number of carbonyl (C=O) groups excluding carboxylic acids is 1. The molecule has 40 heavy (non-hydrogen) atoms. The van der Waals surface area contributed by atoms with E-state index in [2.05, 4.69) is 6.92 Å². The van der Waals surface area contributed by atoms with Crippen molar-refractivity contribution in [2.24, 2.45) is 10.9 Å². The van der Waals surface area contributed by atoms with Gasteiger partial charge in [0.2, 0.25) is 0 Å². The number of amidine groups is 1. The lowest BCUT2D eigenvalue weighted by molar-refractivity contribution is -0.124. The standard InChI is InChI=1S/C31H29Cl3N2O3S/c1-19-8-6-7-11-26(19)36-30(37)28(40-31(36)35-23-9-4-3-5-10-23)16-20-14-25(34)29(27(15-20)38-2)39-18-21-12-13-22(32)17-24(21)33/h3-5,9-10,12-17,19,26H,6-8,11,18H2,1-2H3/b28-16-,35-31?/t19-,26+/m1/s1. The Hall–Kier alpha value is -2.64. The van der Waals surface area contributed by atoms with Crippen molar-refractivity contribution < 1.29 is 14.3 Å². The molecule has 3 aromatic carbocycles. The monoisotopic (exact) mass is 614 g/mol. The average Bonchev–Trinajstić information content (AvgIpc) is 3.23. The Morgan fingerprint density at radius 1 is 1.02 bits per heavy atom. The zero-order chi connectivity index (χ0) is 28.2. The van der Waals surface area contributed by atoms with Crippen molar-refractivity contribution >= 4 is 69.4 Å². The molecule has 0 spiro atoms. The molecule has 0 radical (unpaired) electrons. The molecule has 0 aromatic heterocycles. The lowest BCUT2D eigenvalue weighted by Gasteiger charge is -2.35. The molecule has 1 aliphatic heterocycles. The maximum atomic E-state index is 13.8. The van der Waals surface area contributed by atoms with Gasteiger partial charge in [0, 0.05) is 21.7 Å². The number of hydrogen-bond acceptors (Lipinski definition) is 5. The molecule has 1 amide bonds. The van der Waals surface area contributed by atoms with E-state index in [9.17, 15) is 4.79 Å². The van der Waals surface area contributed by atoms with Crippen LogP contribution >= 0.6 is 46.6 Å². The number of benzene rings is 3. The van der Waals surface area contributed by atoms with Crippen molar-refractivity contribution in [3.05, 3.63) is 91.8 Å². The van der Waals surface area contributed by atoms with Gasteiger partial charge in [-0.15, -0.1) is 0 Å². The minimum Gasteiger partial charge on any atom is -0.493 e. The number of para-hydroxylation sites is 1. The molecule has 1 aliphatic carbocycles. The third kappa shape index (κ3) is 6.46. The summed E-state index contributed by atoms with van der Waals surface area (Å²) in [6, 6.07) is 18.7. The van der Waals surface area contributed by atoms with Gasteiger partial charge in [-0.05, 0) is 78.6 Å². The molecule has 5 rings (SSSR count). The van der Waals surface area contributed by atoms with E-state index in [1.165, 1.54) is 18.2 Å². The Kier molecular flexibility index (Phi) is 9.31. The Morgan fingerprint density at radius 3 is 2.52 bits per heavy atom. The van der Waals surface area contributed by atoms with Gasteiger partial charge in [0.25, 0.3) is 5.91 Å². The van der Waals surface area contributed by atoms with E-state index in [-0.39, 0.29) is 18.6 Å². The van der Waals surface area contributed by atoms with E-state index in [1.807, 2.05) is 47.4 Å². The SMILES string of the molecule is COc1cc(/C=C2\SC(=Nc3ccccc3)N([C@H]3CCCC[C@H]3C)C2=O)cc(Cl)c1OCc1ccc(Cl)cc1Cl. The van der Waals surface area contributed by atoms with Crippen molar-refractivity contribution in [1.29, 1.82) is 0 Å². The zero-order valence-corrected chi connectivity index (χ0v) is 25.3. The number of ether oxygens (including phenoxy) is 2. The molecule has 2 aliphatic rings. The second-order valence-electron chi connectivity index (χ2n) is 9.90. The highest BCUT2D eigenvalue weighted by Crippen LogP contribution is 2.42.